The van der Waals surface area contributed by atoms with E-state index in [1.807, 2.05) is 0 Å². The molecule has 0 saturated heterocycles. The van der Waals surface area contributed by atoms with E-state index in [0.29, 0.717) is 25.8 Å². The predicted molar refractivity (Wildman–Crippen MR) is 74.4 cm³/mol. The van der Waals surface area contributed by atoms with Gasteiger partial charge >= 0.3 is 0 Å². The molecule has 3 atom stereocenters. The molecule has 1 heterocycles. The molecule has 3 unspecified atom stereocenters. The summed E-state index contributed by atoms with van der Waals surface area (Å²) in [5.74, 6) is -0.271. The minimum absolute atomic E-state index is 0.122. The molecular weight excluding hydrogens is 359 g/mol. The Bertz CT molecular complexity index is 648. The van der Waals surface area contributed by atoms with E-state index in [1.165, 1.54) is 4.73 Å². The molecule has 8 heteroatoms. The van der Waals surface area contributed by atoms with Gasteiger partial charge in [0.15, 0.2) is 6.10 Å². The smallest absolute Gasteiger partial charge is 0.212 e. The van der Waals surface area contributed by atoms with Crippen LogP contribution in [0.25, 0.3) is 11.0 Å². The summed E-state index contributed by atoms with van der Waals surface area (Å²) in [6.07, 6.45) is -1.12. The highest BCUT2D eigenvalue weighted by atomic mass is 79.9. The predicted octanol–water partition coefficient (Wildman–Crippen LogP) is 1.89. The largest absolute Gasteiger partial charge is 0.405 e. The van der Waals surface area contributed by atoms with Crippen molar-refractivity contribution in [2.24, 2.45) is 5.92 Å². The third-order valence-electron chi connectivity index (χ3n) is 3.11. The number of aromatic nitrogens is 2. The van der Waals surface area contributed by atoms with Gasteiger partial charge in [-0.05, 0) is 28.1 Å². The summed E-state index contributed by atoms with van der Waals surface area (Å²) in [5.41, 5.74) is 1.26. The van der Waals surface area contributed by atoms with Crippen molar-refractivity contribution in [1.82, 2.24) is 9.71 Å². The molecule has 1 aliphatic carbocycles. The average molecular weight is 368 g/mol. The Kier molecular flexibility index (Phi) is 3.39. The Morgan fingerprint density at radius 1 is 1.37 bits per heavy atom. The average Bonchev–Trinajstić information content (AvgIpc) is 2.89. The third-order valence-corrected chi connectivity index (χ3v) is 4.33. The molecule has 102 valence electrons. The fourth-order valence-electron chi connectivity index (χ4n) is 1.92. The van der Waals surface area contributed by atoms with Crippen molar-refractivity contribution in [3.8, 4) is 0 Å². The van der Waals surface area contributed by atoms with Crippen molar-refractivity contribution in [3.63, 3.8) is 0 Å². The summed E-state index contributed by atoms with van der Waals surface area (Å²) < 4.78 is 1.87. The molecule has 19 heavy (non-hydrogen) atoms. The molecule has 2 aromatic rings. The van der Waals surface area contributed by atoms with Gasteiger partial charge < -0.3 is 15.1 Å². The molecule has 1 saturated carbocycles. The zero-order valence-electron chi connectivity index (χ0n) is 9.42. The van der Waals surface area contributed by atoms with Crippen LogP contribution in [0.4, 0.5) is 0 Å². The Balaban J connectivity index is 1.99. The summed E-state index contributed by atoms with van der Waals surface area (Å²) in [5, 5.41) is 19.4. The minimum atomic E-state index is -0.669. The number of benzene rings is 1. The highest BCUT2D eigenvalue weighted by Gasteiger charge is 2.52. The second-order valence-electron chi connectivity index (χ2n) is 4.34. The van der Waals surface area contributed by atoms with E-state index in [1.54, 1.807) is 12.1 Å². The van der Waals surface area contributed by atoms with Crippen LogP contribution in [0.2, 0.25) is 10.0 Å². The van der Waals surface area contributed by atoms with E-state index in [-0.39, 0.29) is 12.5 Å². The van der Waals surface area contributed by atoms with E-state index in [4.69, 9.17) is 33.1 Å². The van der Waals surface area contributed by atoms with Gasteiger partial charge in [0.2, 0.25) is 4.73 Å². The number of aliphatic hydroxyl groups excluding tert-OH is 2. The lowest BCUT2D eigenvalue weighted by atomic mass is 10.3. The molecule has 0 radical (unpaired) electrons. The molecule has 0 spiro atoms. The minimum Gasteiger partial charge on any atom is -0.405 e. The highest BCUT2D eigenvalue weighted by Crippen LogP contribution is 2.34. The first kappa shape index (κ1) is 13.5. The number of aliphatic hydroxyl groups is 2. The van der Waals surface area contributed by atoms with Gasteiger partial charge in [0, 0.05) is 0 Å². The highest BCUT2D eigenvalue weighted by molar-refractivity contribution is 9.10. The zero-order chi connectivity index (χ0) is 13.7. The van der Waals surface area contributed by atoms with Crippen LogP contribution in [0.3, 0.4) is 0 Å². The fourth-order valence-corrected chi connectivity index (χ4v) is 2.70. The van der Waals surface area contributed by atoms with Crippen LogP contribution in [0.5, 0.6) is 0 Å². The van der Waals surface area contributed by atoms with E-state index in [9.17, 15) is 5.11 Å². The standard InChI is InChI=1S/C11H9BrCl2N2O3/c12-11-15-7-1-5(13)6(14)2-8(7)16(11)19-10-4(3-17)9(10)18/h1-2,4,9-10,17-18H,3H2. The van der Waals surface area contributed by atoms with E-state index >= 15 is 0 Å². The maximum absolute atomic E-state index is 9.57. The summed E-state index contributed by atoms with van der Waals surface area (Å²) >= 11 is 15.2. The maximum atomic E-state index is 9.57. The Morgan fingerprint density at radius 3 is 2.68 bits per heavy atom. The molecule has 3 rings (SSSR count). The normalized spacial score (nSPS) is 25.8. The first-order valence-electron chi connectivity index (χ1n) is 5.52. The number of nitrogens with zero attached hydrogens (tertiary/aromatic N) is 2. The molecule has 0 amide bonds. The molecule has 0 bridgehead atoms. The SMILES string of the molecule is OCC1C(O)C1On1c(Br)nc2cc(Cl)c(Cl)cc21. The molecule has 1 aromatic carbocycles. The first-order chi connectivity index (χ1) is 9.02. The second kappa shape index (κ2) is 4.79. The van der Waals surface area contributed by atoms with Crippen molar-refractivity contribution < 1.29 is 15.1 Å². The molecule has 5 nitrogen and oxygen atoms in total. The van der Waals surface area contributed by atoms with Gasteiger partial charge in [0.1, 0.15) is 11.6 Å². The number of imidazole rings is 1. The number of halogens is 3. The number of fused-ring (bicyclic) bond motifs is 1. The topological polar surface area (TPSA) is 67.5 Å². The molecular formula is C11H9BrCl2N2O3. The third kappa shape index (κ3) is 2.21. The lowest BCUT2D eigenvalue weighted by Crippen LogP contribution is -2.17. The number of hydrogen-bond acceptors (Lipinski definition) is 4. The fraction of sp³-hybridized carbons (Fsp3) is 0.364. The van der Waals surface area contributed by atoms with Crippen LogP contribution in [-0.4, -0.2) is 38.7 Å². The van der Waals surface area contributed by atoms with Crippen molar-refractivity contribution in [1.29, 1.82) is 0 Å². The van der Waals surface area contributed by atoms with Crippen LogP contribution >= 0.6 is 39.1 Å². The van der Waals surface area contributed by atoms with Gasteiger partial charge in [-0.3, -0.25) is 0 Å². The van der Waals surface area contributed by atoms with Crippen LogP contribution in [-0.2, 0) is 0 Å². The lowest BCUT2D eigenvalue weighted by molar-refractivity contribution is 0.0638. The van der Waals surface area contributed by atoms with Gasteiger partial charge in [-0.2, -0.15) is 4.73 Å². The van der Waals surface area contributed by atoms with E-state index < -0.39 is 12.2 Å². The molecule has 1 fully saturated rings. The van der Waals surface area contributed by atoms with Gasteiger partial charge in [0.05, 0.1) is 28.1 Å². The van der Waals surface area contributed by atoms with Crippen LogP contribution < -0.4 is 4.84 Å². The monoisotopic (exact) mass is 366 g/mol. The second-order valence-corrected chi connectivity index (χ2v) is 5.86. The van der Waals surface area contributed by atoms with Crippen LogP contribution in [0, 0.1) is 5.92 Å². The summed E-state index contributed by atoms with van der Waals surface area (Å²) in [4.78, 5) is 9.85. The van der Waals surface area contributed by atoms with Gasteiger partial charge in [0.25, 0.3) is 0 Å². The van der Waals surface area contributed by atoms with E-state index in [0.717, 1.165) is 0 Å². The van der Waals surface area contributed by atoms with Crippen molar-refractivity contribution in [2.75, 3.05) is 6.61 Å². The van der Waals surface area contributed by atoms with Crippen molar-refractivity contribution in [2.45, 2.75) is 12.2 Å². The van der Waals surface area contributed by atoms with Crippen molar-refractivity contribution >= 4 is 50.2 Å². The van der Waals surface area contributed by atoms with Gasteiger partial charge in [-0.25, -0.2) is 4.98 Å². The molecule has 0 aliphatic heterocycles. The Hall–Kier alpha value is -0.530. The van der Waals surface area contributed by atoms with Gasteiger partial charge in [-0.1, -0.05) is 23.2 Å². The quantitative estimate of drug-likeness (QED) is 0.869. The Labute approximate surface area is 126 Å². The number of rotatable bonds is 3. The van der Waals surface area contributed by atoms with Crippen LogP contribution in [0.1, 0.15) is 0 Å². The summed E-state index contributed by atoms with van der Waals surface area (Å²) in [6.45, 7) is -0.122. The molecule has 1 aliphatic rings. The zero-order valence-corrected chi connectivity index (χ0v) is 12.5. The summed E-state index contributed by atoms with van der Waals surface area (Å²) in [7, 11) is 0. The molecule has 1 aromatic heterocycles. The maximum Gasteiger partial charge on any atom is 0.212 e. The first-order valence-corrected chi connectivity index (χ1v) is 7.07. The Morgan fingerprint density at radius 2 is 2.05 bits per heavy atom. The van der Waals surface area contributed by atoms with Crippen LogP contribution in [0.15, 0.2) is 16.9 Å². The van der Waals surface area contributed by atoms with Crippen molar-refractivity contribution in [3.05, 3.63) is 26.9 Å². The lowest BCUT2D eigenvalue weighted by Gasteiger charge is -2.08. The molecule has 2 N–H and O–H groups in total. The summed E-state index contributed by atoms with van der Waals surface area (Å²) in [6, 6.07) is 3.27. The van der Waals surface area contributed by atoms with Gasteiger partial charge in [-0.15, -0.1) is 0 Å². The number of hydrogen-bond donors (Lipinski definition) is 2. The van der Waals surface area contributed by atoms with E-state index in [2.05, 4.69) is 20.9 Å².